The molecule has 0 spiro atoms. The van der Waals surface area contributed by atoms with Gasteiger partial charge in [0, 0.05) is 33.0 Å². The van der Waals surface area contributed by atoms with Crippen molar-refractivity contribution in [1.82, 2.24) is 9.47 Å². The van der Waals surface area contributed by atoms with Crippen molar-refractivity contribution in [2.75, 3.05) is 26.8 Å². The van der Waals surface area contributed by atoms with Crippen LogP contribution < -0.4 is 0 Å². The van der Waals surface area contributed by atoms with Gasteiger partial charge >= 0.3 is 5.97 Å². The Morgan fingerprint density at radius 1 is 1.40 bits per heavy atom. The summed E-state index contributed by atoms with van der Waals surface area (Å²) in [5.41, 5.74) is 0.146. The van der Waals surface area contributed by atoms with Crippen LogP contribution in [0.5, 0.6) is 0 Å². The summed E-state index contributed by atoms with van der Waals surface area (Å²) in [5, 5.41) is 9.01. The van der Waals surface area contributed by atoms with Crippen LogP contribution in [-0.2, 0) is 16.1 Å². The summed E-state index contributed by atoms with van der Waals surface area (Å²) in [7, 11) is 1.69. The van der Waals surface area contributed by atoms with E-state index in [1.54, 1.807) is 24.3 Å². The average molecular weight is 280 g/mol. The summed E-state index contributed by atoms with van der Waals surface area (Å²) in [4.78, 5) is 25.0. The number of carbonyl (C=O) groups excluding carboxylic acids is 1. The molecule has 0 aliphatic carbocycles. The lowest BCUT2D eigenvalue weighted by molar-refractivity contribution is -0.133. The summed E-state index contributed by atoms with van der Waals surface area (Å²) >= 11 is 0. The van der Waals surface area contributed by atoms with Crippen LogP contribution in [0.3, 0.4) is 0 Å². The zero-order valence-electron chi connectivity index (χ0n) is 11.6. The van der Waals surface area contributed by atoms with Gasteiger partial charge in [0.2, 0.25) is 5.91 Å². The molecule has 0 radical (unpaired) electrons. The van der Waals surface area contributed by atoms with Crippen LogP contribution in [0, 0.1) is 5.92 Å². The molecule has 1 aromatic rings. The van der Waals surface area contributed by atoms with Crippen molar-refractivity contribution in [2.45, 2.75) is 19.4 Å². The molecule has 1 aliphatic rings. The van der Waals surface area contributed by atoms with Gasteiger partial charge in [-0.05, 0) is 30.9 Å². The molecule has 2 rings (SSSR count). The highest BCUT2D eigenvalue weighted by molar-refractivity contribution is 5.86. The molecule has 0 bridgehead atoms. The summed E-state index contributed by atoms with van der Waals surface area (Å²) in [6, 6.07) is 3.14. The van der Waals surface area contributed by atoms with Gasteiger partial charge in [-0.3, -0.25) is 4.79 Å². The van der Waals surface area contributed by atoms with E-state index in [4.69, 9.17) is 9.84 Å². The molecule has 0 saturated carbocycles. The number of ether oxygens (including phenoxy) is 1. The Kier molecular flexibility index (Phi) is 4.79. The maximum Gasteiger partial charge on any atom is 0.352 e. The van der Waals surface area contributed by atoms with Crippen LogP contribution >= 0.6 is 0 Å². The third-order valence-corrected chi connectivity index (χ3v) is 3.72. The van der Waals surface area contributed by atoms with Gasteiger partial charge in [0.25, 0.3) is 0 Å². The number of aromatic carboxylic acids is 1. The molecular weight excluding hydrogens is 260 g/mol. The maximum atomic E-state index is 12.2. The SMILES string of the molecule is COCC1CCN(C(=O)Cn2cccc2C(=O)O)CC1. The van der Waals surface area contributed by atoms with E-state index in [0.29, 0.717) is 5.92 Å². The van der Waals surface area contributed by atoms with Crippen molar-refractivity contribution in [2.24, 2.45) is 5.92 Å². The first-order valence-corrected chi connectivity index (χ1v) is 6.77. The van der Waals surface area contributed by atoms with Gasteiger partial charge in [0.15, 0.2) is 0 Å². The van der Waals surface area contributed by atoms with Crippen LogP contribution in [-0.4, -0.2) is 53.3 Å². The number of nitrogens with zero attached hydrogens (tertiary/aromatic N) is 2. The Morgan fingerprint density at radius 2 is 2.10 bits per heavy atom. The number of rotatable bonds is 5. The quantitative estimate of drug-likeness (QED) is 0.875. The molecule has 2 heterocycles. The van der Waals surface area contributed by atoms with Crippen molar-refractivity contribution in [3.63, 3.8) is 0 Å². The molecule has 0 unspecified atom stereocenters. The van der Waals surface area contributed by atoms with E-state index < -0.39 is 5.97 Å². The van der Waals surface area contributed by atoms with Gasteiger partial charge in [0.1, 0.15) is 12.2 Å². The van der Waals surface area contributed by atoms with Crippen LogP contribution in [0.25, 0.3) is 0 Å². The number of carboxylic acid groups (broad SMARTS) is 1. The second-order valence-corrected chi connectivity index (χ2v) is 5.11. The molecular formula is C14H20N2O4. The van der Waals surface area contributed by atoms with Crippen molar-refractivity contribution < 1.29 is 19.4 Å². The molecule has 1 saturated heterocycles. The minimum Gasteiger partial charge on any atom is -0.477 e. The van der Waals surface area contributed by atoms with Crippen LogP contribution in [0.15, 0.2) is 18.3 Å². The Morgan fingerprint density at radius 3 is 2.70 bits per heavy atom. The number of hydrogen-bond acceptors (Lipinski definition) is 3. The first kappa shape index (κ1) is 14.6. The highest BCUT2D eigenvalue weighted by Crippen LogP contribution is 2.17. The number of hydrogen-bond donors (Lipinski definition) is 1. The largest absolute Gasteiger partial charge is 0.477 e. The molecule has 110 valence electrons. The van der Waals surface area contributed by atoms with Crippen molar-refractivity contribution in [3.8, 4) is 0 Å². The molecule has 1 aromatic heterocycles. The molecule has 20 heavy (non-hydrogen) atoms. The van der Waals surface area contributed by atoms with E-state index in [0.717, 1.165) is 32.5 Å². The van der Waals surface area contributed by atoms with E-state index in [9.17, 15) is 9.59 Å². The number of piperidine rings is 1. The fourth-order valence-electron chi connectivity index (χ4n) is 2.58. The first-order valence-electron chi connectivity index (χ1n) is 6.77. The lowest BCUT2D eigenvalue weighted by atomic mass is 9.98. The topological polar surface area (TPSA) is 71.8 Å². The molecule has 1 N–H and O–H groups in total. The minimum atomic E-state index is -1.01. The van der Waals surface area contributed by atoms with Crippen LogP contribution in [0.2, 0.25) is 0 Å². The third-order valence-electron chi connectivity index (χ3n) is 3.72. The molecule has 0 atom stereocenters. The number of amides is 1. The van der Waals surface area contributed by atoms with Gasteiger partial charge in [-0.15, -0.1) is 0 Å². The maximum absolute atomic E-state index is 12.2. The predicted octanol–water partition coefficient (Wildman–Crippen LogP) is 1.07. The molecule has 6 heteroatoms. The fourth-order valence-corrected chi connectivity index (χ4v) is 2.58. The van der Waals surface area contributed by atoms with E-state index in [2.05, 4.69) is 0 Å². The van der Waals surface area contributed by atoms with Crippen LogP contribution in [0.1, 0.15) is 23.3 Å². The second kappa shape index (κ2) is 6.56. The van der Waals surface area contributed by atoms with E-state index in [1.807, 2.05) is 0 Å². The standard InChI is InChI=1S/C14H20N2O4/c1-20-10-11-4-7-15(8-5-11)13(17)9-16-6-2-3-12(16)14(18)19/h2-3,6,11H,4-5,7-10H2,1H3,(H,18,19). The molecule has 1 amide bonds. The number of methoxy groups -OCH3 is 1. The number of carboxylic acids is 1. The number of likely N-dealkylation sites (tertiary alicyclic amines) is 1. The second-order valence-electron chi connectivity index (χ2n) is 5.11. The van der Waals surface area contributed by atoms with Gasteiger partial charge < -0.3 is 19.3 Å². The zero-order valence-corrected chi connectivity index (χ0v) is 11.6. The third kappa shape index (κ3) is 3.39. The highest BCUT2D eigenvalue weighted by Gasteiger charge is 2.23. The van der Waals surface area contributed by atoms with Gasteiger partial charge in [0.05, 0.1) is 0 Å². The normalized spacial score (nSPS) is 16.4. The summed E-state index contributed by atoms with van der Waals surface area (Å²) in [6.07, 6.45) is 3.51. The molecule has 1 aliphatic heterocycles. The highest BCUT2D eigenvalue weighted by atomic mass is 16.5. The predicted molar refractivity (Wildman–Crippen MR) is 72.6 cm³/mol. The van der Waals surface area contributed by atoms with E-state index in [1.165, 1.54) is 10.6 Å². The van der Waals surface area contributed by atoms with E-state index in [-0.39, 0.29) is 18.1 Å². The smallest absolute Gasteiger partial charge is 0.352 e. The average Bonchev–Trinajstić information content (AvgIpc) is 2.88. The van der Waals surface area contributed by atoms with Crippen molar-refractivity contribution >= 4 is 11.9 Å². The summed E-state index contributed by atoms with van der Waals surface area (Å²) in [6.45, 7) is 2.26. The Balaban J connectivity index is 1.90. The number of aromatic nitrogens is 1. The van der Waals surface area contributed by atoms with Crippen molar-refractivity contribution in [1.29, 1.82) is 0 Å². The Hall–Kier alpha value is -1.82. The number of carbonyl (C=O) groups is 2. The Labute approximate surface area is 117 Å². The lowest BCUT2D eigenvalue weighted by Gasteiger charge is -2.31. The van der Waals surface area contributed by atoms with Crippen LogP contribution in [0.4, 0.5) is 0 Å². The fraction of sp³-hybridized carbons (Fsp3) is 0.571. The van der Waals surface area contributed by atoms with Crippen molar-refractivity contribution in [3.05, 3.63) is 24.0 Å². The van der Waals surface area contributed by atoms with Gasteiger partial charge in [-0.1, -0.05) is 0 Å². The zero-order chi connectivity index (χ0) is 14.5. The van der Waals surface area contributed by atoms with E-state index >= 15 is 0 Å². The summed E-state index contributed by atoms with van der Waals surface area (Å²) in [5.74, 6) is -0.522. The lowest BCUT2D eigenvalue weighted by Crippen LogP contribution is -2.41. The Bertz CT molecular complexity index is 475. The monoisotopic (exact) mass is 280 g/mol. The van der Waals surface area contributed by atoms with Gasteiger partial charge in [-0.25, -0.2) is 4.79 Å². The minimum absolute atomic E-state index is 0.0282. The molecule has 1 fully saturated rings. The molecule has 0 aromatic carbocycles. The molecule has 6 nitrogen and oxygen atoms in total. The summed E-state index contributed by atoms with van der Waals surface area (Å²) < 4.78 is 6.61. The first-order chi connectivity index (χ1) is 9.61. The van der Waals surface area contributed by atoms with Gasteiger partial charge in [-0.2, -0.15) is 0 Å².